The summed E-state index contributed by atoms with van der Waals surface area (Å²) < 4.78 is 0. The molecule has 1 rings (SSSR count). The van der Waals surface area contributed by atoms with Gasteiger partial charge >= 0.3 is 0 Å². The fourth-order valence-electron chi connectivity index (χ4n) is 3.17. The quantitative estimate of drug-likeness (QED) is 0.572. The Labute approximate surface area is 107 Å². The second kappa shape index (κ2) is 8.72. The van der Waals surface area contributed by atoms with Gasteiger partial charge in [-0.15, -0.1) is 0 Å². The zero-order valence-electron chi connectivity index (χ0n) is 11.8. The molecule has 0 amide bonds. The highest BCUT2D eigenvalue weighted by Crippen LogP contribution is 2.36. The van der Waals surface area contributed by atoms with Gasteiger partial charge in [-0.1, -0.05) is 58.8 Å². The smallest absolute Gasteiger partial charge is 0.133 e. The topological polar surface area (TPSA) is 17.1 Å². The monoisotopic (exact) mass is 238 g/mol. The Kier molecular flexibility index (Phi) is 7.55. The standard InChI is InChI=1S/C16H30O/c1-3-5-9-14-10-7-8-11-15(14)13-16(17)12-6-4-2/h14-15H,3-13H2,1-2H3. The largest absolute Gasteiger partial charge is 0.300 e. The number of hydrogen-bond acceptors (Lipinski definition) is 1. The Morgan fingerprint density at radius 2 is 1.65 bits per heavy atom. The van der Waals surface area contributed by atoms with Gasteiger partial charge < -0.3 is 0 Å². The van der Waals surface area contributed by atoms with E-state index >= 15 is 0 Å². The highest BCUT2D eigenvalue weighted by atomic mass is 16.1. The van der Waals surface area contributed by atoms with Crippen LogP contribution in [0, 0.1) is 11.8 Å². The van der Waals surface area contributed by atoms with Gasteiger partial charge in [0.15, 0.2) is 0 Å². The molecule has 100 valence electrons. The van der Waals surface area contributed by atoms with Crippen molar-refractivity contribution < 1.29 is 4.79 Å². The van der Waals surface area contributed by atoms with Crippen LogP contribution >= 0.6 is 0 Å². The van der Waals surface area contributed by atoms with Crippen molar-refractivity contribution in [1.82, 2.24) is 0 Å². The first-order valence-electron chi connectivity index (χ1n) is 7.79. The Balaban J connectivity index is 2.33. The number of hydrogen-bond donors (Lipinski definition) is 0. The normalized spacial score (nSPS) is 24.8. The molecule has 1 fully saturated rings. The van der Waals surface area contributed by atoms with E-state index in [-0.39, 0.29) is 0 Å². The maximum atomic E-state index is 11.9. The molecule has 2 atom stereocenters. The lowest BCUT2D eigenvalue weighted by Gasteiger charge is -2.31. The molecular weight excluding hydrogens is 208 g/mol. The predicted octanol–water partition coefficient (Wildman–Crippen LogP) is 5.13. The molecule has 0 bridgehead atoms. The van der Waals surface area contributed by atoms with E-state index < -0.39 is 0 Å². The van der Waals surface area contributed by atoms with Crippen molar-refractivity contribution in [2.24, 2.45) is 11.8 Å². The van der Waals surface area contributed by atoms with Crippen LogP contribution in [0.5, 0.6) is 0 Å². The zero-order chi connectivity index (χ0) is 12.5. The van der Waals surface area contributed by atoms with E-state index in [0.29, 0.717) is 5.78 Å². The van der Waals surface area contributed by atoms with Crippen molar-refractivity contribution in [3.05, 3.63) is 0 Å². The summed E-state index contributed by atoms with van der Waals surface area (Å²) in [6.45, 7) is 4.43. The van der Waals surface area contributed by atoms with Crippen molar-refractivity contribution in [2.45, 2.75) is 84.5 Å². The maximum absolute atomic E-state index is 11.9. The number of carbonyl (C=O) groups is 1. The zero-order valence-corrected chi connectivity index (χ0v) is 11.8. The minimum atomic E-state index is 0.528. The molecular formula is C16H30O. The molecule has 1 aliphatic carbocycles. The lowest BCUT2D eigenvalue weighted by Crippen LogP contribution is -2.22. The molecule has 0 aliphatic heterocycles. The molecule has 0 saturated heterocycles. The van der Waals surface area contributed by atoms with E-state index in [1.165, 1.54) is 44.9 Å². The van der Waals surface area contributed by atoms with E-state index in [4.69, 9.17) is 0 Å². The van der Waals surface area contributed by atoms with Gasteiger partial charge in [0.2, 0.25) is 0 Å². The molecule has 0 N–H and O–H groups in total. The number of rotatable bonds is 8. The minimum absolute atomic E-state index is 0.528. The Bertz CT molecular complexity index is 210. The molecule has 0 radical (unpaired) electrons. The van der Waals surface area contributed by atoms with E-state index in [0.717, 1.165) is 37.5 Å². The first kappa shape index (κ1) is 14.7. The van der Waals surface area contributed by atoms with Crippen LogP contribution in [0.4, 0.5) is 0 Å². The minimum Gasteiger partial charge on any atom is -0.300 e. The van der Waals surface area contributed by atoms with Crippen molar-refractivity contribution in [1.29, 1.82) is 0 Å². The van der Waals surface area contributed by atoms with E-state index in [1.807, 2.05) is 0 Å². The van der Waals surface area contributed by atoms with Gasteiger partial charge in [-0.2, -0.15) is 0 Å². The Morgan fingerprint density at radius 3 is 2.29 bits per heavy atom. The van der Waals surface area contributed by atoms with Crippen LogP contribution in [0.15, 0.2) is 0 Å². The average molecular weight is 238 g/mol. The fourth-order valence-corrected chi connectivity index (χ4v) is 3.17. The summed E-state index contributed by atoms with van der Waals surface area (Å²) >= 11 is 0. The van der Waals surface area contributed by atoms with Crippen molar-refractivity contribution in [3.63, 3.8) is 0 Å². The molecule has 1 aliphatic rings. The first-order chi connectivity index (χ1) is 8.27. The SMILES string of the molecule is CCCCC(=O)CC1CCCCC1CCCC. The highest BCUT2D eigenvalue weighted by Gasteiger charge is 2.26. The van der Waals surface area contributed by atoms with Crippen LogP contribution in [-0.4, -0.2) is 5.78 Å². The third-order valence-corrected chi connectivity index (χ3v) is 4.29. The molecule has 17 heavy (non-hydrogen) atoms. The molecule has 2 unspecified atom stereocenters. The summed E-state index contributed by atoms with van der Waals surface area (Å²) in [6, 6.07) is 0. The van der Waals surface area contributed by atoms with E-state index in [1.54, 1.807) is 0 Å². The maximum Gasteiger partial charge on any atom is 0.133 e. The van der Waals surface area contributed by atoms with Crippen LogP contribution in [0.1, 0.15) is 84.5 Å². The summed E-state index contributed by atoms with van der Waals surface area (Å²) in [5, 5.41) is 0. The molecule has 1 saturated carbocycles. The van der Waals surface area contributed by atoms with Gasteiger partial charge in [-0.05, 0) is 24.7 Å². The summed E-state index contributed by atoms with van der Waals surface area (Å²) in [6.07, 6.45) is 13.4. The molecule has 0 spiro atoms. The van der Waals surface area contributed by atoms with Crippen LogP contribution in [-0.2, 0) is 4.79 Å². The molecule has 0 heterocycles. The lowest BCUT2D eigenvalue weighted by molar-refractivity contribution is -0.120. The summed E-state index contributed by atoms with van der Waals surface area (Å²) in [7, 11) is 0. The molecule has 1 heteroatoms. The van der Waals surface area contributed by atoms with Gasteiger partial charge in [0.25, 0.3) is 0 Å². The third kappa shape index (κ3) is 5.70. The second-order valence-corrected chi connectivity index (χ2v) is 5.79. The van der Waals surface area contributed by atoms with Crippen molar-refractivity contribution in [3.8, 4) is 0 Å². The van der Waals surface area contributed by atoms with Crippen LogP contribution in [0.3, 0.4) is 0 Å². The van der Waals surface area contributed by atoms with Gasteiger partial charge in [0, 0.05) is 12.8 Å². The van der Waals surface area contributed by atoms with Crippen LogP contribution in [0.2, 0.25) is 0 Å². The average Bonchev–Trinajstić information content (AvgIpc) is 2.35. The van der Waals surface area contributed by atoms with Gasteiger partial charge in [-0.3, -0.25) is 4.79 Å². The molecule has 0 aromatic rings. The summed E-state index contributed by atoms with van der Waals surface area (Å²) in [4.78, 5) is 11.9. The van der Waals surface area contributed by atoms with Gasteiger partial charge in [0.1, 0.15) is 5.78 Å². The second-order valence-electron chi connectivity index (χ2n) is 5.79. The number of ketones is 1. The van der Waals surface area contributed by atoms with Gasteiger partial charge in [-0.25, -0.2) is 0 Å². The van der Waals surface area contributed by atoms with E-state index in [2.05, 4.69) is 13.8 Å². The fraction of sp³-hybridized carbons (Fsp3) is 0.938. The summed E-state index contributed by atoms with van der Waals surface area (Å²) in [5.41, 5.74) is 0. The number of unbranched alkanes of at least 4 members (excludes halogenated alkanes) is 2. The van der Waals surface area contributed by atoms with E-state index in [9.17, 15) is 4.79 Å². The van der Waals surface area contributed by atoms with Crippen LogP contribution < -0.4 is 0 Å². The number of carbonyl (C=O) groups excluding carboxylic acids is 1. The Morgan fingerprint density at radius 1 is 1.00 bits per heavy atom. The predicted molar refractivity (Wildman–Crippen MR) is 74.1 cm³/mol. The first-order valence-corrected chi connectivity index (χ1v) is 7.79. The molecule has 1 nitrogen and oxygen atoms in total. The lowest BCUT2D eigenvalue weighted by atomic mass is 9.74. The summed E-state index contributed by atoms with van der Waals surface area (Å²) in [5.74, 6) is 2.11. The number of Topliss-reactive ketones (excluding diaryl/α,β-unsaturated/α-hetero) is 1. The Hall–Kier alpha value is -0.330. The van der Waals surface area contributed by atoms with Gasteiger partial charge in [0.05, 0.1) is 0 Å². The van der Waals surface area contributed by atoms with Crippen molar-refractivity contribution in [2.75, 3.05) is 0 Å². The highest BCUT2D eigenvalue weighted by molar-refractivity contribution is 5.78. The van der Waals surface area contributed by atoms with Crippen LogP contribution in [0.25, 0.3) is 0 Å². The molecule has 0 aromatic heterocycles. The third-order valence-electron chi connectivity index (χ3n) is 4.29. The molecule has 0 aromatic carbocycles. The van der Waals surface area contributed by atoms with Crippen molar-refractivity contribution >= 4 is 5.78 Å².